The van der Waals surface area contributed by atoms with Gasteiger partial charge < -0.3 is 15.4 Å². The van der Waals surface area contributed by atoms with Crippen molar-refractivity contribution in [1.29, 1.82) is 0 Å². The van der Waals surface area contributed by atoms with Crippen LogP contribution < -0.4 is 15.4 Å². The molecule has 0 aliphatic rings. The van der Waals surface area contributed by atoms with Crippen molar-refractivity contribution in [3.8, 4) is 5.75 Å². The number of carbonyl (C=O) groups excluding carboxylic acids is 2. The molecule has 0 aliphatic heterocycles. The Bertz CT molecular complexity index is 918. The molecule has 5 nitrogen and oxygen atoms in total. The summed E-state index contributed by atoms with van der Waals surface area (Å²) in [5.41, 5.74) is 0.759. The van der Waals surface area contributed by atoms with Crippen LogP contribution in [0, 0.1) is 5.92 Å². The maximum absolute atomic E-state index is 13.6. The second-order valence-electron chi connectivity index (χ2n) is 8.26. The van der Waals surface area contributed by atoms with Crippen molar-refractivity contribution in [3.05, 3.63) is 58.6 Å². The molecule has 2 aromatic rings. The summed E-state index contributed by atoms with van der Waals surface area (Å²) in [6.45, 7) is 5.99. The summed E-state index contributed by atoms with van der Waals surface area (Å²) in [6, 6.07) is 12.2. The minimum absolute atomic E-state index is 0.235. The first-order valence-corrected chi connectivity index (χ1v) is 11.1. The Balaban J connectivity index is 2.36. The van der Waals surface area contributed by atoms with E-state index in [9.17, 15) is 9.59 Å². The first-order valence-electron chi connectivity index (χ1n) is 10.3. The van der Waals surface area contributed by atoms with Gasteiger partial charge in [-0.05, 0) is 48.6 Å². The Morgan fingerprint density at radius 3 is 2.35 bits per heavy atom. The number of amides is 2. The molecule has 0 saturated carbocycles. The van der Waals surface area contributed by atoms with Gasteiger partial charge in [0.2, 0.25) is 11.8 Å². The molecule has 2 amide bonds. The third-order valence-corrected chi connectivity index (χ3v) is 6.29. The van der Waals surface area contributed by atoms with Crippen molar-refractivity contribution in [2.75, 3.05) is 14.2 Å². The first kappa shape index (κ1) is 25.1. The van der Waals surface area contributed by atoms with Crippen molar-refractivity contribution in [2.45, 2.75) is 50.0 Å². The molecule has 2 atom stereocenters. The highest BCUT2D eigenvalue weighted by atomic mass is 35.5. The minimum Gasteiger partial charge on any atom is -0.497 e. The smallest absolute Gasteiger partial charge is 0.242 e. The van der Waals surface area contributed by atoms with E-state index in [0.29, 0.717) is 22.8 Å². The molecule has 0 bridgehead atoms. The summed E-state index contributed by atoms with van der Waals surface area (Å²) >= 11 is 10.9. The van der Waals surface area contributed by atoms with Crippen molar-refractivity contribution in [3.63, 3.8) is 0 Å². The summed E-state index contributed by atoms with van der Waals surface area (Å²) in [5.74, 6) is 0.479. The molecule has 0 spiro atoms. The van der Waals surface area contributed by atoms with Crippen LogP contribution >= 0.6 is 24.2 Å². The summed E-state index contributed by atoms with van der Waals surface area (Å²) < 4.78 is 5.19. The molecule has 31 heavy (non-hydrogen) atoms. The van der Waals surface area contributed by atoms with Crippen molar-refractivity contribution in [1.82, 2.24) is 10.6 Å². The quantitative estimate of drug-likeness (QED) is 0.483. The van der Waals surface area contributed by atoms with Gasteiger partial charge in [-0.2, -0.15) is 0 Å². The van der Waals surface area contributed by atoms with Crippen LogP contribution in [0.2, 0.25) is 5.02 Å². The second-order valence-corrected chi connectivity index (χ2v) is 9.11. The largest absolute Gasteiger partial charge is 0.497 e. The third kappa shape index (κ3) is 6.17. The van der Waals surface area contributed by atoms with Gasteiger partial charge in [0.15, 0.2) is 0 Å². The van der Waals surface area contributed by atoms with Crippen LogP contribution in [0.1, 0.15) is 38.3 Å². The number of ether oxygens (including phenoxy) is 1. The number of thiol groups is 1. The van der Waals surface area contributed by atoms with Gasteiger partial charge in [-0.3, -0.25) is 9.59 Å². The molecule has 0 radical (unpaired) electrons. The third-order valence-electron chi connectivity index (χ3n) is 5.37. The number of carbonyl (C=O) groups is 2. The predicted octanol–water partition coefficient (Wildman–Crippen LogP) is 4.41. The lowest BCUT2D eigenvalue weighted by Crippen LogP contribution is -2.53. The van der Waals surface area contributed by atoms with Crippen molar-refractivity contribution >= 4 is 36.0 Å². The average Bonchev–Trinajstić information content (AvgIpc) is 2.74. The molecular weight excluding hydrogens is 432 g/mol. The van der Waals surface area contributed by atoms with E-state index in [4.69, 9.17) is 16.3 Å². The summed E-state index contributed by atoms with van der Waals surface area (Å²) in [4.78, 5) is 26.8. The Labute approximate surface area is 195 Å². The molecule has 0 saturated heterocycles. The number of hydrogen-bond donors (Lipinski definition) is 3. The SMILES string of the molecule is CNC(=O)[C@H](Cc1ccc(OC)cc1)NC(=O)C(C)(CC(C)C)c1cccc(Cl)c1S. The van der Waals surface area contributed by atoms with E-state index in [2.05, 4.69) is 37.1 Å². The van der Waals surface area contributed by atoms with Crippen LogP contribution in [-0.2, 0) is 21.4 Å². The average molecular weight is 463 g/mol. The van der Waals surface area contributed by atoms with Gasteiger partial charge in [0.1, 0.15) is 11.8 Å². The van der Waals surface area contributed by atoms with Crippen molar-refractivity contribution in [2.24, 2.45) is 5.92 Å². The topological polar surface area (TPSA) is 67.4 Å². The number of benzene rings is 2. The van der Waals surface area contributed by atoms with Crippen LogP contribution in [0.15, 0.2) is 47.4 Å². The number of nitrogens with one attached hydrogen (secondary N) is 2. The monoisotopic (exact) mass is 462 g/mol. The standard InChI is InChI=1S/C24H31ClN2O3S/c1-15(2)14-24(3,18-7-6-8-19(25)21(18)31)23(29)27-20(22(28)26-4)13-16-9-11-17(30-5)12-10-16/h6-12,15,20,31H,13-14H2,1-5H3,(H,26,28)(H,27,29)/t20-,24?/m0/s1. The molecule has 0 aromatic heterocycles. The van der Waals surface area contributed by atoms with Gasteiger partial charge in [-0.15, -0.1) is 12.6 Å². The molecule has 0 fully saturated rings. The Morgan fingerprint density at radius 2 is 1.81 bits per heavy atom. The van der Waals surface area contributed by atoms with E-state index in [1.165, 1.54) is 0 Å². The lowest BCUT2D eigenvalue weighted by molar-refractivity contribution is -0.132. The van der Waals surface area contributed by atoms with E-state index in [-0.39, 0.29) is 17.7 Å². The second kappa shape index (κ2) is 10.9. The maximum atomic E-state index is 13.6. The zero-order chi connectivity index (χ0) is 23.2. The molecule has 2 aromatic carbocycles. The van der Waals surface area contributed by atoms with Gasteiger partial charge in [0.25, 0.3) is 0 Å². The fraction of sp³-hybridized carbons (Fsp3) is 0.417. The van der Waals surface area contributed by atoms with E-state index in [1.54, 1.807) is 20.2 Å². The molecule has 7 heteroatoms. The van der Waals surface area contributed by atoms with Gasteiger partial charge in [0.05, 0.1) is 17.5 Å². The van der Waals surface area contributed by atoms with Crippen LogP contribution in [0.25, 0.3) is 0 Å². The van der Waals surface area contributed by atoms with Gasteiger partial charge in [0, 0.05) is 18.4 Å². The molecule has 2 N–H and O–H groups in total. The fourth-order valence-corrected chi connectivity index (χ4v) is 4.37. The Hall–Kier alpha value is -2.18. The highest BCUT2D eigenvalue weighted by Gasteiger charge is 2.39. The Kier molecular flexibility index (Phi) is 8.83. The molecule has 2 rings (SSSR count). The molecule has 168 valence electrons. The summed E-state index contributed by atoms with van der Waals surface area (Å²) in [7, 11) is 3.16. The number of hydrogen-bond acceptors (Lipinski definition) is 4. The normalized spacial score (nSPS) is 13.9. The molecular formula is C24H31ClN2O3S. The fourth-order valence-electron chi connectivity index (χ4n) is 3.80. The minimum atomic E-state index is -0.900. The van der Waals surface area contributed by atoms with Gasteiger partial charge >= 0.3 is 0 Å². The lowest BCUT2D eigenvalue weighted by Gasteiger charge is -2.33. The first-order chi connectivity index (χ1) is 14.6. The summed E-state index contributed by atoms with van der Waals surface area (Å²) in [5, 5.41) is 6.12. The molecule has 0 heterocycles. The highest BCUT2D eigenvalue weighted by Crippen LogP contribution is 2.38. The van der Waals surface area contributed by atoms with Crippen LogP contribution in [0.4, 0.5) is 0 Å². The molecule has 1 unspecified atom stereocenters. The number of halogens is 1. The van der Waals surface area contributed by atoms with E-state index in [0.717, 1.165) is 16.9 Å². The van der Waals surface area contributed by atoms with Crippen molar-refractivity contribution < 1.29 is 14.3 Å². The predicted molar refractivity (Wildman–Crippen MR) is 128 cm³/mol. The number of methoxy groups -OCH3 is 1. The number of likely N-dealkylation sites (N-methyl/N-ethyl adjacent to an activating group) is 1. The number of rotatable bonds is 9. The van der Waals surface area contributed by atoms with E-state index in [1.807, 2.05) is 43.3 Å². The molecule has 0 aliphatic carbocycles. The zero-order valence-corrected chi connectivity index (χ0v) is 20.3. The van der Waals surface area contributed by atoms with E-state index >= 15 is 0 Å². The van der Waals surface area contributed by atoms with Crippen LogP contribution in [-0.4, -0.2) is 32.0 Å². The lowest BCUT2D eigenvalue weighted by atomic mass is 9.75. The van der Waals surface area contributed by atoms with Gasteiger partial charge in [-0.1, -0.05) is 49.7 Å². The van der Waals surface area contributed by atoms with E-state index < -0.39 is 11.5 Å². The van der Waals surface area contributed by atoms with Gasteiger partial charge in [-0.25, -0.2) is 0 Å². The van der Waals surface area contributed by atoms with Crippen LogP contribution in [0.5, 0.6) is 5.75 Å². The Morgan fingerprint density at radius 1 is 1.16 bits per heavy atom. The zero-order valence-electron chi connectivity index (χ0n) is 18.7. The highest BCUT2D eigenvalue weighted by molar-refractivity contribution is 7.80. The van der Waals surface area contributed by atoms with Crippen LogP contribution in [0.3, 0.4) is 0 Å². The maximum Gasteiger partial charge on any atom is 0.242 e. The summed E-state index contributed by atoms with van der Waals surface area (Å²) in [6.07, 6.45) is 0.937.